The summed E-state index contributed by atoms with van der Waals surface area (Å²) < 4.78 is 0. The van der Waals surface area contributed by atoms with Crippen molar-refractivity contribution in [3.05, 3.63) is 29.8 Å². The number of rotatable bonds is 12. The van der Waals surface area contributed by atoms with Gasteiger partial charge in [0.1, 0.15) is 5.75 Å². The van der Waals surface area contributed by atoms with E-state index in [-0.39, 0.29) is 17.8 Å². The van der Waals surface area contributed by atoms with Crippen LogP contribution in [-0.2, 0) is 25.6 Å². The molecule has 1 aromatic carbocycles. The summed E-state index contributed by atoms with van der Waals surface area (Å²) in [5, 5.41) is 12.5. The monoisotopic (exact) mass is 594 g/mol. The highest BCUT2D eigenvalue weighted by Gasteiger charge is 2.39. The quantitative estimate of drug-likeness (QED) is 0.281. The Balaban J connectivity index is 1.17. The predicted molar refractivity (Wildman–Crippen MR) is 164 cm³/mol. The van der Waals surface area contributed by atoms with Gasteiger partial charge in [-0.05, 0) is 74.5 Å². The average Bonchev–Trinajstić information content (AvgIpc) is 3.02. The molecule has 0 unspecified atom stereocenters. The highest BCUT2D eigenvalue weighted by atomic mass is 16.3. The molecule has 236 valence electrons. The van der Waals surface area contributed by atoms with Gasteiger partial charge in [0.2, 0.25) is 0 Å². The summed E-state index contributed by atoms with van der Waals surface area (Å²) in [5.74, 6) is -0.422. The molecule has 4 amide bonds. The molecule has 0 bridgehead atoms. The number of phenolic OH excluding ortho intramolecular Hbond substituents is 1. The van der Waals surface area contributed by atoms with Crippen molar-refractivity contribution >= 4 is 23.6 Å². The number of piperazine rings is 2. The summed E-state index contributed by atoms with van der Waals surface area (Å²) in [6.45, 7) is 2.75. The van der Waals surface area contributed by atoms with Crippen LogP contribution in [0.2, 0.25) is 0 Å². The minimum Gasteiger partial charge on any atom is -0.508 e. The first-order valence-corrected chi connectivity index (χ1v) is 16.9. The normalized spacial score (nSPS) is 24.5. The molecule has 9 heteroatoms. The maximum absolute atomic E-state index is 13.5. The zero-order chi connectivity index (χ0) is 30.2. The molecule has 0 spiro atoms. The van der Waals surface area contributed by atoms with Gasteiger partial charge >= 0.3 is 23.6 Å². The maximum atomic E-state index is 13.5. The third-order valence-corrected chi connectivity index (χ3v) is 10.3. The largest absolute Gasteiger partial charge is 0.508 e. The van der Waals surface area contributed by atoms with Crippen molar-refractivity contribution in [3.8, 4) is 5.75 Å². The molecule has 2 atom stereocenters. The standard InChI is InChI=1S/C34H50N4O5/c39-30-16-14-26(15-17-30)21-29-24-36(33(42)34(43)37(29)20-18-25-9-3-1-4-10-25)19-8-7-13-28-22-35-31(40)32(41)38(28)23-27-11-5-2-6-12-27/h14-17,25,27-29,39H,1-13,18-24H2,(H,35,40)/t28-,29+/m1/s1. The molecule has 2 aliphatic heterocycles. The molecule has 2 aliphatic carbocycles. The number of unbranched alkanes of at least 4 members (excludes halogenated alkanes) is 1. The fourth-order valence-corrected chi connectivity index (χ4v) is 7.73. The molecule has 2 saturated heterocycles. The van der Waals surface area contributed by atoms with Crippen molar-refractivity contribution in [1.82, 2.24) is 20.0 Å². The van der Waals surface area contributed by atoms with E-state index in [4.69, 9.17) is 0 Å². The van der Waals surface area contributed by atoms with Crippen LogP contribution >= 0.6 is 0 Å². The summed E-state index contributed by atoms with van der Waals surface area (Å²) in [5.41, 5.74) is 1.04. The second kappa shape index (κ2) is 15.1. The number of benzene rings is 1. The van der Waals surface area contributed by atoms with Gasteiger partial charge in [0, 0.05) is 38.8 Å². The third kappa shape index (κ3) is 8.30. The number of phenols is 1. The van der Waals surface area contributed by atoms with Crippen LogP contribution in [0.1, 0.15) is 95.5 Å². The average molecular weight is 595 g/mol. The summed E-state index contributed by atoms with van der Waals surface area (Å²) in [6, 6.07) is 7.00. The van der Waals surface area contributed by atoms with Gasteiger partial charge in [-0.2, -0.15) is 0 Å². The molecule has 43 heavy (non-hydrogen) atoms. The van der Waals surface area contributed by atoms with Gasteiger partial charge in [0.05, 0.1) is 6.04 Å². The van der Waals surface area contributed by atoms with Crippen molar-refractivity contribution < 1.29 is 24.3 Å². The molecule has 9 nitrogen and oxygen atoms in total. The van der Waals surface area contributed by atoms with Gasteiger partial charge in [-0.1, -0.05) is 63.5 Å². The molecule has 1 aromatic rings. The van der Waals surface area contributed by atoms with E-state index in [2.05, 4.69) is 5.32 Å². The molecule has 4 aliphatic rings. The molecule has 2 N–H and O–H groups in total. The molecule has 2 heterocycles. The summed E-state index contributed by atoms with van der Waals surface area (Å²) in [4.78, 5) is 57.0. The van der Waals surface area contributed by atoms with Gasteiger partial charge in [0.15, 0.2) is 0 Å². The third-order valence-electron chi connectivity index (χ3n) is 10.3. The van der Waals surface area contributed by atoms with E-state index >= 15 is 0 Å². The summed E-state index contributed by atoms with van der Waals surface area (Å²) in [6.07, 6.45) is 16.0. The Morgan fingerprint density at radius 2 is 1.37 bits per heavy atom. The van der Waals surface area contributed by atoms with Crippen LogP contribution in [0.3, 0.4) is 0 Å². The Bertz CT molecular complexity index is 1110. The number of nitrogens with one attached hydrogen (secondary N) is 1. The van der Waals surface area contributed by atoms with Crippen LogP contribution in [0.4, 0.5) is 0 Å². The van der Waals surface area contributed by atoms with E-state index in [1.165, 1.54) is 51.4 Å². The first-order chi connectivity index (χ1) is 20.9. The lowest BCUT2D eigenvalue weighted by atomic mass is 9.86. The fourth-order valence-electron chi connectivity index (χ4n) is 7.73. The van der Waals surface area contributed by atoms with Crippen LogP contribution in [0, 0.1) is 11.8 Å². The fraction of sp³-hybridized carbons (Fsp3) is 0.706. The van der Waals surface area contributed by atoms with Crippen molar-refractivity contribution in [1.29, 1.82) is 0 Å². The number of aromatic hydroxyl groups is 1. The number of hydrogen-bond acceptors (Lipinski definition) is 5. The number of amides is 4. The lowest BCUT2D eigenvalue weighted by Gasteiger charge is -2.41. The Labute approximate surface area is 256 Å². The van der Waals surface area contributed by atoms with Crippen molar-refractivity contribution in [2.45, 2.75) is 108 Å². The van der Waals surface area contributed by atoms with Crippen LogP contribution < -0.4 is 5.32 Å². The molecule has 4 fully saturated rings. The van der Waals surface area contributed by atoms with Gasteiger partial charge < -0.3 is 25.1 Å². The zero-order valence-corrected chi connectivity index (χ0v) is 25.7. The number of carbonyl (C=O) groups is 4. The van der Waals surface area contributed by atoms with E-state index in [0.717, 1.165) is 44.1 Å². The maximum Gasteiger partial charge on any atom is 0.312 e. The van der Waals surface area contributed by atoms with E-state index in [0.29, 0.717) is 51.0 Å². The van der Waals surface area contributed by atoms with Crippen LogP contribution in [0.5, 0.6) is 5.75 Å². The molecular weight excluding hydrogens is 544 g/mol. The van der Waals surface area contributed by atoms with Crippen molar-refractivity contribution in [3.63, 3.8) is 0 Å². The SMILES string of the molecule is O=C1NC[C@@H](CCCCN2C[C@H](Cc3ccc(O)cc3)N(CCC3CCCCC3)C(=O)C2=O)N(CC2CCCCC2)C1=O. The molecule has 0 radical (unpaired) electrons. The number of nitrogens with zero attached hydrogens (tertiary/aromatic N) is 3. The smallest absolute Gasteiger partial charge is 0.312 e. The van der Waals surface area contributed by atoms with E-state index in [9.17, 15) is 24.3 Å². The van der Waals surface area contributed by atoms with Gasteiger partial charge in [-0.3, -0.25) is 19.2 Å². The lowest BCUT2D eigenvalue weighted by molar-refractivity contribution is -0.159. The summed E-state index contributed by atoms with van der Waals surface area (Å²) >= 11 is 0. The van der Waals surface area contributed by atoms with Crippen molar-refractivity contribution in [2.75, 3.05) is 32.7 Å². The van der Waals surface area contributed by atoms with E-state index < -0.39 is 23.6 Å². The second-order valence-electron chi connectivity index (χ2n) is 13.4. The minimum atomic E-state index is -0.503. The molecule has 2 saturated carbocycles. The minimum absolute atomic E-state index is 0.0247. The van der Waals surface area contributed by atoms with Gasteiger partial charge in [0.25, 0.3) is 0 Å². The number of hydrogen-bond donors (Lipinski definition) is 2. The van der Waals surface area contributed by atoms with Gasteiger partial charge in [-0.25, -0.2) is 0 Å². The van der Waals surface area contributed by atoms with E-state index in [1.807, 2.05) is 21.9 Å². The van der Waals surface area contributed by atoms with Crippen LogP contribution in [-0.4, -0.2) is 88.2 Å². The lowest BCUT2D eigenvalue weighted by Crippen LogP contribution is -2.60. The highest BCUT2D eigenvalue weighted by molar-refractivity contribution is 6.36. The Kier molecular flexibility index (Phi) is 11.0. The Hall–Kier alpha value is -3.10. The first kappa shape index (κ1) is 31.3. The van der Waals surface area contributed by atoms with E-state index in [1.54, 1.807) is 17.0 Å². The Morgan fingerprint density at radius 3 is 2.07 bits per heavy atom. The predicted octanol–water partition coefficient (Wildman–Crippen LogP) is 4.02. The molecular formula is C34H50N4O5. The van der Waals surface area contributed by atoms with Gasteiger partial charge in [-0.15, -0.1) is 0 Å². The summed E-state index contributed by atoms with van der Waals surface area (Å²) in [7, 11) is 0. The zero-order valence-electron chi connectivity index (χ0n) is 25.7. The molecule has 0 aromatic heterocycles. The van der Waals surface area contributed by atoms with Crippen LogP contribution in [0.25, 0.3) is 0 Å². The highest BCUT2D eigenvalue weighted by Crippen LogP contribution is 2.29. The first-order valence-electron chi connectivity index (χ1n) is 16.9. The molecule has 5 rings (SSSR count). The number of carbonyl (C=O) groups excluding carboxylic acids is 4. The second-order valence-corrected chi connectivity index (χ2v) is 13.4. The Morgan fingerprint density at radius 1 is 0.698 bits per heavy atom. The van der Waals surface area contributed by atoms with Crippen molar-refractivity contribution in [2.24, 2.45) is 11.8 Å². The van der Waals surface area contributed by atoms with Crippen LogP contribution in [0.15, 0.2) is 24.3 Å². The topological polar surface area (TPSA) is 110 Å².